The zero-order chi connectivity index (χ0) is 20.4. The number of fused-ring (bicyclic) bond motifs is 1. The summed E-state index contributed by atoms with van der Waals surface area (Å²) in [6, 6.07) is 3.13. The van der Waals surface area contributed by atoms with Gasteiger partial charge in [-0.3, -0.25) is 9.59 Å². The first-order valence-electron chi connectivity index (χ1n) is 8.95. The first kappa shape index (κ1) is 20.0. The van der Waals surface area contributed by atoms with Gasteiger partial charge in [0.05, 0.1) is 26.9 Å². The Kier molecular flexibility index (Phi) is 5.79. The van der Waals surface area contributed by atoms with E-state index in [0.29, 0.717) is 39.3 Å². The maximum atomic E-state index is 12.9. The molecule has 28 heavy (non-hydrogen) atoms. The lowest BCUT2D eigenvalue weighted by atomic mass is 9.88. The molecule has 7 nitrogen and oxygen atoms in total. The quantitative estimate of drug-likeness (QED) is 0.770. The summed E-state index contributed by atoms with van der Waals surface area (Å²) in [6.07, 6.45) is 2.69. The summed E-state index contributed by atoms with van der Waals surface area (Å²) in [7, 11) is 4.47. The number of amides is 2. The predicted octanol–water partition coefficient (Wildman–Crippen LogP) is 3.25. The molecule has 1 aliphatic carbocycles. The lowest BCUT2D eigenvalue weighted by Gasteiger charge is -2.18. The summed E-state index contributed by atoms with van der Waals surface area (Å²) >= 11 is 1.42. The van der Waals surface area contributed by atoms with Crippen LogP contribution < -0.4 is 25.3 Å². The molecule has 1 aromatic carbocycles. The molecular formula is C20H24N2O5S. The van der Waals surface area contributed by atoms with Gasteiger partial charge in [0.15, 0.2) is 11.5 Å². The van der Waals surface area contributed by atoms with Gasteiger partial charge in [0.2, 0.25) is 5.75 Å². The number of nitrogens with two attached hydrogens (primary N) is 1. The van der Waals surface area contributed by atoms with Crippen LogP contribution in [0.2, 0.25) is 0 Å². The summed E-state index contributed by atoms with van der Waals surface area (Å²) in [5, 5.41) is 3.34. The molecule has 2 aromatic rings. The molecule has 1 unspecified atom stereocenters. The fourth-order valence-electron chi connectivity index (χ4n) is 3.49. The van der Waals surface area contributed by atoms with Crippen molar-refractivity contribution in [2.75, 3.05) is 26.6 Å². The fourth-order valence-corrected chi connectivity index (χ4v) is 4.90. The van der Waals surface area contributed by atoms with E-state index < -0.39 is 5.91 Å². The number of rotatable bonds is 6. The second kappa shape index (κ2) is 8.10. The molecule has 1 atom stereocenters. The summed E-state index contributed by atoms with van der Waals surface area (Å²) < 4.78 is 15.9. The Morgan fingerprint density at radius 1 is 1.14 bits per heavy atom. The molecule has 0 fully saturated rings. The Morgan fingerprint density at radius 2 is 1.79 bits per heavy atom. The van der Waals surface area contributed by atoms with Crippen molar-refractivity contribution in [2.45, 2.75) is 26.2 Å². The third-order valence-electron chi connectivity index (χ3n) is 4.91. The molecule has 150 valence electrons. The van der Waals surface area contributed by atoms with Gasteiger partial charge in [0, 0.05) is 10.4 Å². The van der Waals surface area contributed by atoms with Gasteiger partial charge >= 0.3 is 0 Å². The normalized spacial score (nSPS) is 15.5. The molecule has 0 saturated carbocycles. The van der Waals surface area contributed by atoms with E-state index in [-0.39, 0.29) is 5.91 Å². The van der Waals surface area contributed by atoms with Crippen molar-refractivity contribution in [1.29, 1.82) is 0 Å². The second-order valence-electron chi connectivity index (χ2n) is 6.79. The highest BCUT2D eigenvalue weighted by Crippen LogP contribution is 2.41. The Balaban J connectivity index is 1.97. The van der Waals surface area contributed by atoms with Crippen LogP contribution in [0.3, 0.4) is 0 Å². The van der Waals surface area contributed by atoms with E-state index in [1.807, 2.05) is 0 Å². The fraction of sp³-hybridized carbons (Fsp3) is 0.400. The molecule has 3 N–H and O–H groups in total. The summed E-state index contributed by atoms with van der Waals surface area (Å²) in [5.74, 6) is 0.800. The van der Waals surface area contributed by atoms with E-state index in [1.165, 1.54) is 32.7 Å². The van der Waals surface area contributed by atoms with Gasteiger partial charge in [0.1, 0.15) is 5.00 Å². The van der Waals surface area contributed by atoms with Gasteiger partial charge in [-0.25, -0.2) is 0 Å². The number of thiophene rings is 1. The smallest absolute Gasteiger partial charge is 0.256 e. The summed E-state index contributed by atoms with van der Waals surface area (Å²) in [6.45, 7) is 2.18. The first-order chi connectivity index (χ1) is 13.4. The minimum absolute atomic E-state index is 0.324. The number of carbonyl (C=O) groups excluding carboxylic acids is 2. The molecule has 8 heteroatoms. The van der Waals surface area contributed by atoms with Crippen LogP contribution in [0.1, 0.15) is 44.5 Å². The molecule has 1 heterocycles. The Labute approximate surface area is 167 Å². The lowest BCUT2D eigenvalue weighted by molar-refractivity contribution is 0.1000. The van der Waals surface area contributed by atoms with Crippen molar-refractivity contribution < 1.29 is 23.8 Å². The van der Waals surface area contributed by atoms with Crippen LogP contribution in [-0.2, 0) is 12.8 Å². The number of hydrogen-bond acceptors (Lipinski definition) is 6. The average molecular weight is 404 g/mol. The molecule has 0 saturated heterocycles. The Hall–Kier alpha value is -2.74. The van der Waals surface area contributed by atoms with Crippen LogP contribution in [-0.4, -0.2) is 33.1 Å². The van der Waals surface area contributed by atoms with E-state index in [2.05, 4.69) is 12.2 Å². The minimum atomic E-state index is -0.521. The lowest BCUT2D eigenvalue weighted by Crippen LogP contribution is -2.19. The van der Waals surface area contributed by atoms with E-state index >= 15 is 0 Å². The van der Waals surface area contributed by atoms with Crippen molar-refractivity contribution in [3.8, 4) is 17.2 Å². The van der Waals surface area contributed by atoms with Crippen molar-refractivity contribution in [3.63, 3.8) is 0 Å². The van der Waals surface area contributed by atoms with Crippen LogP contribution in [0.25, 0.3) is 0 Å². The van der Waals surface area contributed by atoms with Crippen molar-refractivity contribution in [2.24, 2.45) is 11.7 Å². The third kappa shape index (κ3) is 3.64. The summed E-state index contributed by atoms with van der Waals surface area (Å²) in [5.41, 5.74) is 7.34. The number of ether oxygens (including phenoxy) is 3. The van der Waals surface area contributed by atoms with Crippen molar-refractivity contribution >= 4 is 28.2 Å². The van der Waals surface area contributed by atoms with Gasteiger partial charge in [-0.1, -0.05) is 6.92 Å². The maximum Gasteiger partial charge on any atom is 0.256 e. The standard InChI is InChI=1S/C20H24N2O5S/c1-10-5-6-12-15(7-10)28-20(16(12)18(21)23)22-19(24)11-8-13(25-2)17(27-4)14(9-11)26-3/h8-10H,5-7H2,1-4H3,(H2,21,23)(H,22,24). The monoisotopic (exact) mass is 404 g/mol. The predicted molar refractivity (Wildman–Crippen MR) is 108 cm³/mol. The van der Waals surface area contributed by atoms with E-state index in [4.69, 9.17) is 19.9 Å². The number of anilines is 1. The molecular weight excluding hydrogens is 380 g/mol. The maximum absolute atomic E-state index is 12.9. The van der Waals surface area contributed by atoms with Gasteiger partial charge in [-0.15, -0.1) is 11.3 Å². The van der Waals surface area contributed by atoms with Crippen LogP contribution >= 0.6 is 11.3 Å². The number of carbonyl (C=O) groups is 2. The Morgan fingerprint density at radius 3 is 2.32 bits per heavy atom. The minimum Gasteiger partial charge on any atom is -0.493 e. The molecule has 0 bridgehead atoms. The number of nitrogens with one attached hydrogen (secondary N) is 1. The zero-order valence-corrected chi connectivity index (χ0v) is 17.2. The van der Waals surface area contributed by atoms with Crippen LogP contribution in [0.15, 0.2) is 12.1 Å². The van der Waals surface area contributed by atoms with Crippen molar-refractivity contribution in [3.05, 3.63) is 33.7 Å². The highest BCUT2D eigenvalue weighted by Gasteiger charge is 2.28. The van der Waals surface area contributed by atoms with Crippen LogP contribution in [0, 0.1) is 5.92 Å². The first-order valence-corrected chi connectivity index (χ1v) is 9.76. The molecule has 1 aliphatic rings. The molecule has 0 aliphatic heterocycles. The number of benzene rings is 1. The third-order valence-corrected chi connectivity index (χ3v) is 6.08. The van der Waals surface area contributed by atoms with Crippen LogP contribution in [0.4, 0.5) is 5.00 Å². The molecule has 0 radical (unpaired) electrons. The number of hydrogen-bond donors (Lipinski definition) is 2. The molecule has 0 spiro atoms. The SMILES string of the molecule is COc1cc(C(=O)Nc2sc3c(c2C(N)=O)CCC(C)C3)cc(OC)c1OC. The highest BCUT2D eigenvalue weighted by molar-refractivity contribution is 7.17. The summed E-state index contributed by atoms with van der Waals surface area (Å²) in [4.78, 5) is 26.1. The molecule has 3 rings (SSSR count). The van der Waals surface area contributed by atoms with E-state index in [9.17, 15) is 9.59 Å². The number of methoxy groups -OCH3 is 3. The van der Waals surface area contributed by atoms with Crippen molar-refractivity contribution in [1.82, 2.24) is 0 Å². The average Bonchev–Trinajstić information content (AvgIpc) is 3.03. The number of primary amides is 1. The second-order valence-corrected chi connectivity index (χ2v) is 7.89. The van der Waals surface area contributed by atoms with Gasteiger partial charge in [-0.2, -0.15) is 0 Å². The highest BCUT2D eigenvalue weighted by atomic mass is 32.1. The van der Waals surface area contributed by atoms with Gasteiger partial charge in [0.25, 0.3) is 11.8 Å². The zero-order valence-electron chi connectivity index (χ0n) is 16.4. The van der Waals surface area contributed by atoms with E-state index in [1.54, 1.807) is 12.1 Å². The molecule has 1 aromatic heterocycles. The van der Waals surface area contributed by atoms with Crippen LogP contribution in [0.5, 0.6) is 17.2 Å². The van der Waals surface area contributed by atoms with Gasteiger partial charge in [-0.05, 0) is 42.9 Å². The van der Waals surface area contributed by atoms with E-state index in [0.717, 1.165) is 29.7 Å². The van der Waals surface area contributed by atoms with Gasteiger partial charge < -0.3 is 25.3 Å². The topological polar surface area (TPSA) is 99.9 Å². The largest absolute Gasteiger partial charge is 0.493 e. The Bertz CT molecular complexity index is 897. The molecule has 2 amide bonds.